The number of fused-ring (bicyclic) bond motifs is 1. The van der Waals surface area contributed by atoms with Gasteiger partial charge in [0.2, 0.25) is 0 Å². The van der Waals surface area contributed by atoms with Crippen LogP contribution in [0, 0.1) is 12.7 Å². The molecule has 0 aliphatic rings. The third kappa shape index (κ3) is 2.27. The largest absolute Gasteiger partial charge is 0.355 e. The second kappa shape index (κ2) is 4.69. The number of nitrogens with zero attached hydrogens (tertiary/aromatic N) is 1. The number of rotatable bonds is 2. The maximum atomic E-state index is 13.9. The molecule has 1 aromatic heterocycles. The molecule has 0 fully saturated rings. The number of hydrogen-bond acceptors (Lipinski definition) is 2. The first kappa shape index (κ1) is 11.7. The summed E-state index contributed by atoms with van der Waals surface area (Å²) >= 11 is 0. The van der Waals surface area contributed by atoms with E-state index >= 15 is 0 Å². The highest BCUT2D eigenvalue weighted by Gasteiger charge is 2.06. The van der Waals surface area contributed by atoms with E-state index < -0.39 is 0 Å². The van der Waals surface area contributed by atoms with Gasteiger partial charge in [-0.15, -0.1) is 0 Å². The third-order valence-electron chi connectivity index (χ3n) is 3.05. The number of aryl methyl sites for hydroxylation is 1. The van der Waals surface area contributed by atoms with E-state index in [0.29, 0.717) is 5.39 Å². The van der Waals surface area contributed by atoms with Gasteiger partial charge in [0.05, 0.1) is 0 Å². The van der Waals surface area contributed by atoms with Crippen LogP contribution in [-0.4, -0.2) is 4.98 Å². The second-order valence-corrected chi connectivity index (χ2v) is 4.51. The predicted octanol–water partition coefficient (Wildman–Crippen LogP) is 4.43. The average Bonchev–Trinajstić information content (AvgIpc) is 2.41. The average molecular weight is 252 g/mol. The molecule has 0 radical (unpaired) electrons. The number of anilines is 2. The maximum Gasteiger partial charge on any atom is 0.131 e. The smallest absolute Gasteiger partial charge is 0.131 e. The van der Waals surface area contributed by atoms with E-state index in [9.17, 15) is 4.39 Å². The van der Waals surface area contributed by atoms with Gasteiger partial charge in [-0.2, -0.15) is 0 Å². The number of benzene rings is 2. The molecular weight excluding hydrogens is 239 g/mol. The van der Waals surface area contributed by atoms with Gasteiger partial charge >= 0.3 is 0 Å². The zero-order valence-electron chi connectivity index (χ0n) is 10.5. The van der Waals surface area contributed by atoms with Crippen LogP contribution in [0.4, 0.5) is 15.8 Å². The fraction of sp³-hybridized carbons (Fsp3) is 0.0625. The van der Waals surface area contributed by atoms with Crippen LogP contribution in [0.5, 0.6) is 0 Å². The monoisotopic (exact) mass is 252 g/mol. The van der Waals surface area contributed by atoms with Crippen molar-refractivity contribution in [2.24, 2.45) is 0 Å². The van der Waals surface area contributed by atoms with E-state index in [2.05, 4.69) is 10.3 Å². The standard InChI is InChI=1S/C16H13FN2/c1-11-9-14-13(15(17)10-11)3-2-4-16(14)19-12-5-7-18-8-6-12/h2-10H,1H3,(H,18,19). The van der Waals surface area contributed by atoms with Crippen LogP contribution in [0.3, 0.4) is 0 Å². The molecule has 0 saturated heterocycles. The van der Waals surface area contributed by atoms with E-state index in [-0.39, 0.29) is 5.82 Å². The highest BCUT2D eigenvalue weighted by molar-refractivity contribution is 5.96. The zero-order valence-corrected chi connectivity index (χ0v) is 10.5. The molecule has 3 aromatic rings. The van der Waals surface area contributed by atoms with Crippen LogP contribution in [0.2, 0.25) is 0 Å². The maximum absolute atomic E-state index is 13.9. The Morgan fingerprint density at radius 1 is 1.00 bits per heavy atom. The summed E-state index contributed by atoms with van der Waals surface area (Å²) in [4.78, 5) is 3.98. The molecule has 1 heterocycles. The van der Waals surface area contributed by atoms with Crippen molar-refractivity contribution in [3.8, 4) is 0 Å². The Bertz CT molecular complexity index is 723. The van der Waals surface area contributed by atoms with Crippen LogP contribution in [0.25, 0.3) is 10.8 Å². The topological polar surface area (TPSA) is 24.9 Å². The Kier molecular flexibility index (Phi) is 2.88. The summed E-state index contributed by atoms with van der Waals surface area (Å²) in [6.07, 6.45) is 3.44. The fourth-order valence-corrected chi connectivity index (χ4v) is 2.18. The fourth-order valence-electron chi connectivity index (χ4n) is 2.18. The lowest BCUT2D eigenvalue weighted by molar-refractivity contribution is 0.639. The second-order valence-electron chi connectivity index (χ2n) is 4.51. The van der Waals surface area contributed by atoms with Crippen molar-refractivity contribution in [1.82, 2.24) is 4.98 Å². The molecule has 0 spiro atoms. The Hall–Kier alpha value is -2.42. The minimum absolute atomic E-state index is 0.187. The minimum atomic E-state index is -0.187. The molecule has 2 aromatic carbocycles. The highest BCUT2D eigenvalue weighted by atomic mass is 19.1. The number of nitrogens with one attached hydrogen (secondary N) is 1. The quantitative estimate of drug-likeness (QED) is 0.730. The lowest BCUT2D eigenvalue weighted by atomic mass is 10.1. The lowest BCUT2D eigenvalue weighted by Crippen LogP contribution is -1.93. The Labute approximate surface area is 110 Å². The number of pyridine rings is 1. The predicted molar refractivity (Wildman–Crippen MR) is 76.2 cm³/mol. The molecule has 0 atom stereocenters. The molecule has 3 heteroatoms. The molecule has 0 aliphatic carbocycles. The third-order valence-corrected chi connectivity index (χ3v) is 3.05. The van der Waals surface area contributed by atoms with Crippen molar-refractivity contribution < 1.29 is 4.39 Å². The summed E-state index contributed by atoms with van der Waals surface area (Å²) in [5, 5.41) is 4.81. The lowest BCUT2D eigenvalue weighted by Gasteiger charge is -2.11. The Morgan fingerprint density at radius 2 is 1.79 bits per heavy atom. The first-order chi connectivity index (χ1) is 9.24. The van der Waals surface area contributed by atoms with Crippen molar-refractivity contribution in [1.29, 1.82) is 0 Å². The van der Waals surface area contributed by atoms with E-state index in [1.54, 1.807) is 24.5 Å². The van der Waals surface area contributed by atoms with Crippen LogP contribution < -0.4 is 5.32 Å². The van der Waals surface area contributed by atoms with Gasteiger partial charge in [-0.1, -0.05) is 12.1 Å². The van der Waals surface area contributed by atoms with Crippen LogP contribution >= 0.6 is 0 Å². The Morgan fingerprint density at radius 3 is 2.58 bits per heavy atom. The molecule has 0 amide bonds. The Balaban J connectivity index is 2.14. The van der Waals surface area contributed by atoms with Crippen molar-refractivity contribution in [2.45, 2.75) is 6.92 Å². The molecule has 1 N–H and O–H groups in total. The first-order valence-corrected chi connectivity index (χ1v) is 6.10. The van der Waals surface area contributed by atoms with E-state index in [0.717, 1.165) is 22.3 Å². The molecule has 94 valence electrons. The van der Waals surface area contributed by atoms with Crippen molar-refractivity contribution in [3.05, 3.63) is 66.2 Å². The van der Waals surface area contributed by atoms with Crippen LogP contribution in [0.15, 0.2) is 54.9 Å². The molecule has 0 unspecified atom stereocenters. The van der Waals surface area contributed by atoms with Crippen molar-refractivity contribution in [2.75, 3.05) is 5.32 Å². The molecular formula is C16H13FN2. The van der Waals surface area contributed by atoms with Gasteiger partial charge in [0, 0.05) is 34.5 Å². The molecule has 0 bridgehead atoms. The van der Waals surface area contributed by atoms with Gasteiger partial charge in [0.15, 0.2) is 0 Å². The van der Waals surface area contributed by atoms with Gasteiger partial charge in [0.1, 0.15) is 5.82 Å². The van der Waals surface area contributed by atoms with Gasteiger partial charge in [-0.25, -0.2) is 4.39 Å². The van der Waals surface area contributed by atoms with E-state index in [4.69, 9.17) is 0 Å². The van der Waals surface area contributed by atoms with Gasteiger partial charge in [-0.3, -0.25) is 4.98 Å². The SMILES string of the molecule is Cc1cc(F)c2cccc(Nc3ccncc3)c2c1. The summed E-state index contributed by atoms with van der Waals surface area (Å²) in [5.41, 5.74) is 2.74. The van der Waals surface area contributed by atoms with Gasteiger partial charge in [-0.05, 0) is 42.8 Å². The summed E-state index contributed by atoms with van der Waals surface area (Å²) in [5.74, 6) is -0.187. The normalized spacial score (nSPS) is 10.6. The number of hydrogen-bond donors (Lipinski definition) is 1. The molecule has 0 saturated carbocycles. The number of halogens is 1. The minimum Gasteiger partial charge on any atom is -0.355 e. The molecule has 0 aliphatic heterocycles. The van der Waals surface area contributed by atoms with Crippen LogP contribution in [0.1, 0.15) is 5.56 Å². The van der Waals surface area contributed by atoms with Gasteiger partial charge in [0.25, 0.3) is 0 Å². The zero-order chi connectivity index (χ0) is 13.2. The van der Waals surface area contributed by atoms with Crippen molar-refractivity contribution in [3.63, 3.8) is 0 Å². The molecule has 2 nitrogen and oxygen atoms in total. The number of aromatic nitrogens is 1. The molecule has 3 rings (SSSR count). The summed E-state index contributed by atoms with van der Waals surface area (Å²) in [6, 6.07) is 12.9. The van der Waals surface area contributed by atoms with Gasteiger partial charge < -0.3 is 5.32 Å². The summed E-state index contributed by atoms with van der Waals surface area (Å²) < 4.78 is 13.9. The highest BCUT2D eigenvalue weighted by Crippen LogP contribution is 2.29. The summed E-state index contributed by atoms with van der Waals surface area (Å²) in [7, 11) is 0. The molecule has 19 heavy (non-hydrogen) atoms. The van der Waals surface area contributed by atoms with Crippen LogP contribution in [-0.2, 0) is 0 Å². The van der Waals surface area contributed by atoms with E-state index in [1.807, 2.05) is 37.3 Å². The van der Waals surface area contributed by atoms with E-state index in [1.165, 1.54) is 0 Å². The summed E-state index contributed by atoms with van der Waals surface area (Å²) in [6.45, 7) is 1.89. The van der Waals surface area contributed by atoms with Crippen molar-refractivity contribution >= 4 is 22.1 Å². The first-order valence-electron chi connectivity index (χ1n) is 6.10.